The van der Waals surface area contributed by atoms with E-state index in [4.69, 9.17) is 11.6 Å². The maximum absolute atomic E-state index is 5.93. The first-order valence-electron chi connectivity index (χ1n) is 4.99. The number of nitrogens with one attached hydrogen (secondary N) is 1. The minimum atomic E-state index is 0. The second kappa shape index (κ2) is 5.59. The van der Waals surface area contributed by atoms with Crippen molar-refractivity contribution in [3.05, 3.63) is 28.8 Å². The molecular weight excluding hydrogens is 231 g/mol. The van der Waals surface area contributed by atoms with Gasteiger partial charge in [0, 0.05) is 36.9 Å². The van der Waals surface area contributed by atoms with Crippen LogP contribution in [0.2, 0.25) is 5.02 Å². The monoisotopic (exact) mass is 246 g/mol. The molecule has 0 aliphatic carbocycles. The third-order valence-electron chi connectivity index (χ3n) is 2.62. The Morgan fingerprint density at radius 3 is 2.53 bits per heavy atom. The van der Waals surface area contributed by atoms with E-state index in [0.717, 1.165) is 31.2 Å². The van der Waals surface area contributed by atoms with Gasteiger partial charge in [0.25, 0.3) is 0 Å². The molecule has 1 aliphatic rings. The largest absolute Gasteiger partial charge is 0.369 e. The normalized spacial score (nSPS) is 16.0. The fourth-order valence-electron chi connectivity index (χ4n) is 1.88. The SMILES string of the molecule is Cc1cc(Cl)ccc1N1CCNCC1.Cl. The summed E-state index contributed by atoms with van der Waals surface area (Å²) >= 11 is 5.93. The van der Waals surface area contributed by atoms with Crippen LogP contribution in [0.15, 0.2) is 18.2 Å². The van der Waals surface area contributed by atoms with E-state index in [1.165, 1.54) is 11.3 Å². The number of aryl methyl sites for hydroxylation is 1. The summed E-state index contributed by atoms with van der Waals surface area (Å²) in [6, 6.07) is 6.10. The van der Waals surface area contributed by atoms with Crippen molar-refractivity contribution in [2.75, 3.05) is 31.1 Å². The molecule has 2 nitrogen and oxygen atoms in total. The average Bonchev–Trinajstić information content (AvgIpc) is 2.19. The number of piperazine rings is 1. The van der Waals surface area contributed by atoms with Gasteiger partial charge in [-0.25, -0.2) is 0 Å². The predicted molar refractivity (Wildman–Crippen MR) is 68.5 cm³/mol. The summed E-state index contributed by atoms with van der Waals surface area (Å²) < 4.78 is 0. The fourth-order valence-corrected chi connectivity index (χ4v) is 2.11. The van der Waals surface area contributed by atoms with Crippen LogP contribution in [0.25, 0.3) is 0 Å². The highest BCUT2D eigenvalue weighted by Gasteiger charge is 2.11. The summed E-state index contributed by atoms with van der Waals surface area (Å²) in [5.41, 5.74) is 2.58. The van der Waals surface area contributed by atoms with Crippen LogP contribution in [0.5, 0.6) is 0 Å². The summed E-state index contributed by atoms with van der Waals surface area (Å²) in [7, 11) is 0. The molecule has 1 saturated heterocycles. The van der Waals surface area contributed by atoms with Crippen molar-refractivity contribution in [1.29, 1.82) is 0 Å². The van der Waals surface area contributed by atoms with Crippen LogP contribution >= 0.6 is 24.0 Å². The highest BCUT2D eigenvalue weighted by molar-refractivity contribution is 6.30. The fraction of sp³-hybridized carbons (Fsp3) is 0.455. The molecule has 0 radical (unpaired) electrons. The molecule has 1 N–H and O–H groups in total. The molecule has 0 bridgehead atoms. The summed E-state index contributed by atoms with van der Waals surface area (Å²) in [5, 5.41) is 4.17. The van der Waals surface area contributed by atoms with E-state index in [1.54, 1.807) is 0 Å². The average molecular weight is 247 g/mol. The Bertz CT molecular complexity index is 322. The van der Waals surface area contributed by atoms with Gasteiger partial charge in [0.2, 0.25) is 0 Å². The molecule has 15 heavy (non-hydrogen) atoms. The van der Waals surface area contributed by atoms with Crippen LogP contribution < -0.4 is 10.2 Å². The maximum Gasteiger partial charge on any atom is 0.0410 e. The minimum absolute atomic E-state index is 0. The van der Waals surface area contributed by atoms with Gasteiger partial charge < -0.3 is 10.2 Å². The van der Waals surface area contributed by atoms with E-state index in [1.807, 2.05) is 12.1 Å². The van der Waals surface area contributed by atoms with Gasteiger partial charge in [-0.2, -0.15) is 0 Å². The quantitative estimate of drug-likeness (QED) is 0.820. The van der Waals surface area contributed by atoms with Crippen LogP contribution in [-0.4, -0.2) is 26.2 Å². The number of rotatable bonds is 1. The zero-order valence-corrected chi connectivity index (χ0v) is 10.4. The number of benzene rings is 1. The van der Waals surface area contributed by atoms with Gasteiger partial charge in [0.1, 0.15) is 0 Å². The van der Waals surface area contributed by atoms with E-state index in [0.29, 0.717) is 0 Å². The lowest BCUT2D eigenvalue weighted by Gasteiger charge is -2.30. The topological polar surface area (TPSA) is 15.3 Å². The number of hydrogen-bond donors (Lipinski definition) is 1. The van der Waals surface area contributed by atoms with Gasteiger partial charge >= 0.3 is 0 Å². The molecular formula is C11H16Cl2N2. The summed E-state index contributed by atoms with van der Waals surface area (Å²) in [5.74, 6) is 0. The summed E-state index contributed by atoms with van der Waals surface area (Å²) in [6.45, 7) is 6.43. The smallest absolute Gasteiger partial charge is 0.0410 e. The van der Waals surface area contributed by atoms with Crippen LogP contribution in [0.4, 0.5) is 5.69 Å². The molecule has 1 aromatic carbocycles. The van der Waals surface area contributed by atoms with Crippen molar-refractivity contribution in [2.24, 2.45) is 0 Å². The molecule has 1 aliphatic heterocycles. The zero-order chi connectivity index (χ0) is 9.97. The number of nitrogens with zero attached hydrogens (tertiary/aromatic N) is 1. The van der Waals surface area contributed by atoms with E-state index in [-0.39, 0.29) is 12.4 Å². The van der Waals surface area contributed by atoms with E-state index in [9.17, 15) is 0 Å². The first-order chi connectivity index (χ1) is 6.77. The standard InChI is InChI=1S/C11H15ClN2.ClH/c1-9-8-10(12)2-3-11(9)14-6-4-13-5-7-14;/h2-3,8,13H,4-7H2,1H3;1H. The Balaban J connectivity index is 0.00000112. The molecule has 2 rings (SSSR count). The van der Waals surface area contributed by atoms with Crippen molar-refractivity contribution in [3.8, 4) is 0 Å². The minimum Gasteiger partial charge on any atom is -0.369 e. The van der Waals surface area contributed by atoms with E-state index in [2.05, 4.69) is 23.2 Å². The third-order valence-corrected chi connectivity index (χ3v) is 2.85. The lowest BCUT2D eigenvalue weighted by Crippen LogP contribution is -2.43. The number of hydrogen-bond acceptors (Lipinski definition) is 2. The van der Waals surface area contributed by atoms with Gasteiger partial charge in [-0.05, 0) is 30.7 Å². The summed E-state index contributed by atoms with van der Waals surface area (Å²) in [4.78, 5) is 2.40. The maximum atomic E-state index is 5.93. The third kappa shape index (κ3) is 3.00. The van der Waals surface area contributed by atoms with E-state index >= 15 is 0 Å². The molecule has 84 valence electrons. The van der Waals surface area contributed by atoms with Gasteiger partial charge in [-0.1, -0.05) is 11.6 Å². The van der Waals surface area contributed by atoms with Gasteiger partial charge in [-0.3, -0.25) is 0 Å². The number of anilines is 1. The Kier molecular flexibility index (Phi) is 4.71. The first-order valence-corrected chi connectivity index (χ1v) is 5.37. The Hall–Kier alpha value is -0.440. The van der Waals surface area contributed by atoms with Gasteiger partial charge in [0.05, 0.1) is 0 Å². The molecule has 0 atom stereocenters. The van der Waals surface area contributed by atoms with Crippen LogP contribution in [0.1, 0.15) is 5.56 Å². The predicted octanol–water partition coefficient (Wildman–Crippen LogP) is 2.48. The lowest BCUT2D eigenvalue weighted by molar-refractivity contribution is 0.588. The first kappa shape index (κ1) is 12.6. The van der Waals surface area contributed by atoms with Gasteiger partial charge in [0.15, 0.2) is 0 Å². The Morgan fingerprint density at radius 2 is 1.93 bits per heavy atom. The highest BCUT2D eigenvalue weighted by Crippen LogP contribution is 2.23. The Labute approximate surface area is 102 Å². The molecule has 0 spiro atoms. The van der Waals surface area contributed by atoms with E-state index < -0.39 is 0 Å². The van der Waals surface area contributed by atoms with Crippen molar-refractivity contribution >= 4 is 29.7 Å². The second-order valence-corrected chi connectivity index (χ2v) is 4.10. The second-order valence-electron chi connectivity index (χ2n) is 3.67. The molecule has 0 aromatic heterocycles. The molecule has 1 heterocycles. The highest BCUT2D eigenvalue weighted by atomic mass is 35.5. The molecule has 0 unspecified atom stereocenters. The molecule has 1 aromatic rings. The lowest BCUT2D eigenvalue weighted by atomic mass is 10.1. The molecule has 1 fully saturated rings. The van der Waals surface area contributed by atoms with Gasteiger partial charge in [-0.15, -0.1) is 12.4 Å². The van der Waals surface area contributed by atoms with Crippen LogP contribution in [0.3, 0.4) is 0 Å². The summed E-state index contributed by atoms with van der Waals surface area (Å²) in [6.07, 6.45) is 0. The van der Waals surface area contributed by atoms with Crippen molar-refractivity contribution in [1.82, 2.24) is 5.32 Å². The van der Waals surface area contributed by atoms with Crippen LogP contribution in [-0.2, 0) is 0 Å². The molecule has 0 saturated carbocycles. The Morgan fingerprint density at radius 1 is 1.27 bits per heavy atom. The van der Waals surface area contributed by atoms with Crippen molar-refractivity contribution < 1.29 is 0 Å². The van der Waals surface area contributed by atoms with Crippen molar-refractivity contribution in [2.45, 2.75) is 6.92 Å². The molecule has 0 amide bonds. The zero-order valence-electron chi connectivity index (χ0n) is 8.79. The van der Waals surface area contributed by atoms with Crippen LogP contribution in [0, 0.1) is 6.92 Å². The number of halogens is 2. The molecule has 4 heteroatoms. The van der Waals surface area contributed by atoms with Crippen molar-refractivity contribution in [3.63, 3.8) is 0 Å².